The SMILES string of the molecule is Cc1nc(NC(=O)N(CCCO)CC(C)(C)C)sc1C. The molecule has 0 aliphatic carbocycles. The first-order valence-corrected chi connectivity index (χ1v) is 7.65. The third-order valence-corrected chi connectivity index (χ3v) is 3.77. The van der Waals surface area contributed by atoms with Gasteiger partial charge in [-0.05, 0) is 25.7 Å². The summed E-state index contributed by atoms with van der Waals surface area (Å²) in [6, 6.07) is -0.151. The van der Waals surface area contributed by atoms with Crippen molar-refractivity contribution in [1.82, 2.24) is 9.88 Å². The number of nitrogens with zero attached hydrogens (tertiary/aromatic N) is 2. The minimum atomic E-state index is -0.151. The molecule has 2 amide bonds. The molecule has 1 aromatic heterocycles. The molecule has 0 aromatic carbocycles. The predicted octanol–water partition coefficient (Wildman–Crippen LogP) is 3.02. The van der Waals surface area contributed by atoms with Gasteiger partial charge in [-0.2, -0.15) is 0 Å². The summed E-state index contributed by atoms with van der Waals surface area (Å²) >= 11 is 1.48. The average molecular weight is 299 g/mol. The Morgan fingerprint density at radius 3 is 2.50 bits per heavy atom. The fourth-order valence-electron chi connectivity index (χ4n) is 1.78. The molecule has 0 fully saturated rings. The van der Waals surface area contributed by atoms with Gasteiger partial charge in [-0.3, -0.25) is 5.32 Å². The number of thiazole rings is 1. The van der Waals surface area contributed by atoms with Gasteiger partial charge in [0.1, 0.15) is 0 Å². The van der Waals surface area contributed by atoms with Crippen LogP contribution in [0.15, 0.2) is 0 Å². The Morgan fingerprint density at radius 1 is 1.40 bits per heavy atom. The molecule has 114 valence electrons. The van der Waals surface area contributed by atoms with Crippen molar-refractivity contribution in [1.29, 1.82) is 0 Å². The van der Waals surface area contributed by atoms with Gasteiger partial charge in [-0.1, -0.05) is 20.8 Å². The van der Waals surface area contributed by atoms with Crippen molar-refractivity contribution in [2.24, 2.45) is 5.41 Å². The van der Waals surface area contributed by atoms with Gasteiger partial charge in [0.15, 0.2) is 5.13 Å². The van der Waals surface area contributed by atoms with Crippen molar-refractivity contribution in [3.63, 3.8) is 0 Å². The largest absolute Gasteiger partial charge is 0.396 e. The first kappa shape index (κ1) is 16.9. The van der Waals surface area contributed by atoms with Gasteiger partial charge in [-0.15, -0.1) is 11.3 Å². The van der Waals surface area contributed by atoms with Crippen molar-refractivity contribution >= 4 is 22.5 Å². The molecule has 6 heteroatoms. The van der Waals surface area contributed by atoms with Crippen molar-refractivity contribution in [3.05, 3.63) is 10.6 Å². The van der Waals surface area contributed by atoms with Crippen LogP contribution >= 0.6 is 11.3 Å². The van der Waals surface area contributed by atoms with Crippen LogP contribution in [0.2, 0.25) is 0 Å². The molecule has 0 spiro atoms. The van der Waals surface area contributed by atoms with E-state index in [0.29, 0.717) is 24.6 Å². The van der Waals surface area contributed by atoms with E-state index in [1.807, 2.05) is 13.8 Å². The van der Waals surface area contributed by atoms with Crippen LogP contribution < -0.4 is 5.32 Å². The lowest BCUT2D eigenvalue weighted by atomic mass is 9.96. The van der Waals surface area contributed by atoms with E-state index < -0.39 is 0 Å². The monoisotopic (exact) mass is 299 g/mol. The van der Waals surface area contributed by atoms with E-state index in [2.05, 4.69) is 31.1 Å². The van der Waals surface area contributed by atoms with E-state index in [1.165, 1.54) is 11.3 Å². The zero-order chi connectivity index (χ0) is 15.3. The fourth-order valence-corrected chi connectivity index (χ4v) is 2.59. The minimum absolute atomic E-state index is 0.0154. The number of rotatable bonds is 5. The van der Waals surface area contributed by atoms with Crippen LogP contribution in [-0.4, -0.2) is 40.7 Å². The van der Waals surface area contributed by atoms with E-state index in [0.717, 1.165) is 10.6 Å². The maximum absolute atomic E-state index is 12.3. The number of hydrogen-bond acceptors (Lipinski definition) is 4. The lowest BCUT2D eigenvalue weighted by molar-refractivity contribution is 0.176. The quantitative estimate of drug-likeness (QED) is 0.878. The lowest BCUT2D eigenvalue weighted by Crippen LogP contribution is -2.41. The van der Waals surface area contributed by atoms with Crippen molar-refractivity contribution in [2.45, 2.75) is 41.0 Å². The van der Waals surface area contributed by atoms with Crippen molar-refractivity contribution < 1.29 is 9.90 Å². The summed E-state index contributed by atoms with van der Waals surface area (Å²) in [7, 11) is 0. The zero-order valence-corrected chi connectivity index (χ0v) is 13.8. The first-order valence-electron chi connectivity index (χ1n) is 6.84. The average Bonchev–Trinajstić information content (AvgIpc) is 2.62. The highest BCUT2D eigenvalue weighted by Gasteiger charge is 2.21. The Hall–Kier alpha value is -1.14. The van der Waals surface area contributed by atoms with Gasteiger partial charge >= 0.3 is 6.03 Å². The lowest BCUT2D eigenvalue weighted by Gasteiger charge is -2.29. The molecule has 0 aliphatic heterocycles. The Balaban J connectivity index is 2.71. The van der Waals surface area contributed by atoms with Crippen LogP contribution in [-0.2, 0) is 0 Å². The molecule has 20 heavy (non-hydrogen) atoms. The Kier molecular flexibility index (Phi) is 5.95. The second-order valence-corrected chi connectivity index (χ2v) is 7.35. The highest BCUT2D eigenvalue weighted by atomic mass is 32.1. The number of hydrogen-bond donors (Lipinski definition) is 2. The van der Waals surface area contributed by atoms with E-state index in [4.69, 9.17) is 5.11 Å². The second kappa shape index (κ2) is 7.04. The van der Waals surface area contributed by atoms with Gasteiger partial charge in [0, 0.05) is 24.6 Å². The number of carbonyl (C=O) groups excluding carboxylic acids is 1. The molecular formula is C14H25N3O2S. The summed E-state index contributed by atoms with van der Waals surface area (Å²) in [6.45, 7) is 11.5. The van der Waals surface area contributed by atoms with Crippen LogP contribution in [0, 0.1) is 19.3 Å². The highest BCUT2D eigenvalue weighted by Crippen LogP contribution is 2.22. The zero-order valence-electron chi connectivity index (χ0n) is 13.0. The van der Waals surface area contributed by atoms with E-state index >= 15 is 0 Å². The molecule has 0 radical (unpaired) electrons. The summed E-state index contributed by atoms with van der Waals surface area (Å²) in [5, 5.41) is 12.4. The minimum Gasteiger partial charge on any atom is -0.396 e. The van der Waals surface area contributed by atoms with E-state index in [9.17, 15) is 4.79 Å². The summed E-state index contributed by atoms with van der Waals surface area (Å²) in [5.74, 6) is 0. The van der Waals surface area contributed by atoms with Crippen LogP contribution in [0.4, 0.5) is 9.93 Å². The second-order valence-electron chi connectivity index (χ2n) is 6.15. The number of aliphatic hydroxyl groups excluding tert-OH is 1. The number of anilines is 1. The standard InChI is InChI=1S/C14H25N3O2S/c1-10-11(2)20-12(15-10)16-13(19)17(7-6-8-18)9-14(3,4)5/h18H,6-9H2,1-5H3,(H,15,16,19). The highest BCUT2D eigenvalue weighted by molar-refractivity contribution is 7.15. The number of urea groups is 1. The summed E-state index contributed by atoms with van der Waals surface area (Å²) in [6.07, 6.45) is 0.583. The molecular weight excluding hydrogens is 274 g/mol. The molecule has 0 saturated heterocycles. The Labute approximate surface area is 125 Å². The van der Waals surface area contributed by atoms with Crippen LogP contribution in [0.25, 0.3) is 0 Å². The Morgan fingerprint density at radius 2 is 2.05 bits per heavy atom. The topological polar surface area (TPSA) is 65.5 Å². The Bertz CT molecular complexity index is 432. The number of aryl methyl sites for hydroxylation is 2. The first-order chi connectivity index (χ1) is 9.23. The number of aromatic nitrogens is 1. The maximum Gasteiger partial charge on any atom is 0.323 e. The molecule has 0 atom stereocenters. The molecule has 1 heterocycles. The molecule has 5 nitrogen and oxygen atoms in total. The normalized spacial score (nSPS) is 11.5. The molecule has 0 saturated carbocycles. The van der Waals surface area contributed by atoms with Gasteiger partial charge in [0.25, 0.3) is 0 Å². The molecule has 0 bridgehead atoms. The van der Waals surface area contributed by atoms with Crippen LogP contribution in [0.5, 0.6) is 0 Å². The van der Waals surface area contributed by atoms with E-state index in [1.54, 1.807) is 4.90 Å². The predicted molar refractivity (Wildman–Crippen MR) is 83.3 cm³/mol. The fraction of sp³-hybridized carbons (Fsp3) is 0.714. The number of amides is 2. The summed E-state index contributed by atoms with van der Waals surface area (Å²) in [4.78, 5) is 19.5. The van der Waals surface area contributed by atoms with E-state index in [-0.39, 0.29) is 18.1 Å². The molecule has 0 unspecified atom stereocenters. The summed E-state index contributed by atoms with van der Waals surface area (Å²) in [5.41, 5.74) is 0.963. The van der Waals surface area contributed by atoms with Crippen molar-refractivity contribution in [3.8, 4) is 0 Å². The number of carbonyl (C=O) groups is 1. The van der Waals surface area contributed by atoms with Gasteiger partial charge < -0.3 is 10.0 Å². The van der Waals surface area contributed by atoms with Gasteiger partial charge in [0.05, 0.1) is 5.69 Å². The van der Waals surface area contributed by atoms with Crippen LogP contribution in [0.1, 0.15) is 37.8 Å². The molecule has 1 rings (SSSR count). The molecule has 0 aliphatic rings. The van der Waals surface area contributed by atoms with Crippen molar-refractivity contribution in [2.75, 3.05) is 25.0 Å². The summed E-state index contributed by atoms with van der Waals surface area (Å²) < 4.78 is 0. The van der Waals surface area contributed by atoms with Gasteiger partial charge in [-0.25, -0.2) is 9.78 Å². The maximum atomic E-state index is 12.3. The third kappa shape index (κ3) is 5.46. The van der Waals surface area contributed by atoms with Gasteiger partial charge in [0.2, 0.25) is 0 Å². The molecule has 2 N–H and O–H groups in total. The number of nitrogens with one attached hydrogen (secondary N) is 1. The van der Waals surface area contributed by atoms with Crippen LogP contribution in [0.3, 0.4) is 0 Å². The smallest absolute Gasteiger partial charge is 0.323 e. The molecule has 1 aromatic rings. The number of aliphatic hydroxyl groups is 1. The third-order valence-electron chi connectivity index (χ3n) is 2.78.